The van der Waals surface area contributed by atoms with Crippen LogP contribution in [0.15, 0.2) is 75.4 Å². The summed E-state index contributed by atoms with van der Waals surface area (Å²) in [7, 11) is -7.71. The van der Waals surface area contributed by atoms with Crippen LogP contribution < -0.4 is 10.2 Å². The number of sulfonamides is 1. The van der Waals surface area contributed by atoms with Crippen LogP contribution in [0.1, 0.15) is 54.0 Å². The highest BCUT2D eigenvalue weighted by molar-refractivity contribution is 7.91. The van der Waals surface area contributed by atoms with Gasteiger partial charge in [0.05, 0.1) is 26.1 Å². The summed E-state index contributed by atoms with van der Waals surface area (Å²) < 4.78 is 53.9. The second-order valence-corrected chi connectivity index (χ2v) is 12.8. The van der Waals surface area contributed by atoms with Gasteiger partial charge in [-0.2, -0.15) is 4.31 Å². The van der Waals surface area contributed by atoms with E-state index in [4.69, 9.17) is 0 Å². The second kappa shape index (κ2) is 10.9. The van der Waals surface area contributed by atoms with Crippen LogP contribution in [0.2, 0.25) is 0 Å². The zero-order valence-electron chi connectivity index (χ0n) is 22.3. The van der Waals surface area contributed by atoms with Crippen molar-refractivity contribution in [1.82, 2.24) is 4.31 Å². The third-order valence-electron chi connectivity index (χ3n) is 6.86. The fraction of sp³-hybridized carbons (Fsp3) is 0.286. The van der Waals surface area contributed by atoms with Crippen LogP contribution in [0, 0.1) is 0 Å². The predicted molar refractivity (Wildman–Crippen MR) is 150 cm³/mol. The van der Waals surface area contributed by atoms with Crippen molar-refractivity contribution in [2.75, 3.05) is 36.4 Å². The molecule has 0 atom stereocenters. The zero-order valence-corrected chi connectivity index (χ0v) is 23.9. The van der Waals surface area contributed by atoms with Gasteiger partial charge in [-0.3, -0.25) is 9.59 Å². The Kier molecular flexibility index (Phi) is 7.97. The molecule has 0 aliphatic carbocycles. The number of hydrogen-bond donors (Lipinski definition) is 1. The van der Waals surface area contributed by atoms with E-state index in [9.17, 15) is 26.4 Å². The number of benzene rings is 3. The summed E-state index contributed by atoms with van der Waals surface area (Å²) >= 11 is 0. The van der Waals surface area contributed by atoms with Crippen LogP contribution in [0.25, 0.3) is 0 Å². The summed E-state index contributed by atoms with van der Waals surface area (Å²) in [4.78, 5) is 28.4. The van der Waals surface area contributed by atoms with E-state index in [0.29, 0.717) is 37.6 Å². The summed E-state index contributed by atoms with van der Waals surface area (Å²) in [5, 5.41) is 2.80. The summed E-state index contributed by atoms with van der Waals surface area (Å²) in [5.74, 6) is -1.09. The summed E-state index contributed by atoms with van der Waals surface area (Å²) in [6.45, 7) is 9.24. The molecule has 1 heterocycles. The molecule has 1 aliphatic heterocycles. The first-order valence-corrected chi connectivity index (χ1v) is 15.7. The largest absolute Gasteiger partial charge is 0.370 e. The predicted octanol–water partition coefficient (Wildman–Crippen LogP) is 4.19. The Hall–Kier alpha value is -3.54. The quantitative estimate of drug-likeness (QED) is 0.321. The average molecular weight is 570 g/mol. The Morgan fingerprint density at radius 3 is 2.10 bits per heavy atom. The molecule has 0 spiro atoms. The summed E-state index contributed by atoms with van der Waals surface area (Å²) in [6.07, 6.45) is 0. The lowest BCUT2D eigenvalue weighted by molar-refractivity contribution is 0.102. The van der Waals surface area contributed by atoms with E-state index in [1.54, 1.807) is 32.0 Å². The summed E-state index contributed by atoms with van der Waals surface area (Å²) in [5.41, 5.74) is 0.972. The third kappa shape index (κ3) is 4.97. The van der Waals surface area contributed by atoms with E-state index in [0.717, 1.165) is 0 Å². The average Bonchev–Trinajstić information content (AvgIpc) is 2.93. The van der Waals surface area contributed by atoms with Gasteiger partial charge in [-0.25, -0.2) is 16.8 Å². The van der Waals surface area contributed by atoms with Gasteiger partial charge in [0.1, 0.15) is 0 Å². The van der Waals surface area contributed by atoms with Crippen LogP contribution >= 0.6 is 0 Å². The number of sulfone groups is 1. The van der Waals surface area contributed by atoms with Crippen LogP contribution in [0.5, 0.6) is 0 Å². The number of nitrogens with zero attached hydrogens (tertiary/aromatic N) is 2. The number of anilines is 2. The van der Waals surface area contributed by atoms with Crippen molar-refractivity contribution in [3.8, 4) is 0 Å². The van der Waals surface area contributed by atoms with Crippen molar-refractivity contribution in [3.63, 3.8) is 0 Å². The molecule has 3 aromatic carbocycles. The molecule has 0 bridgehead atoms. The molecule has 39 heavy (non-hydrogen) atoms. The Labute approximate surface area is 229 Å². The lowest BCUT2D eigenvalue weighted by Gasteiger charge is -2.26. The molecule has 3 aromatic rings. The maximum Gasteiger partial charge on any atom is 0.255 e. The van der Waals surface area contributed by atoms with Gasteiger partial charge in [0.25, 0.3) is 5.91 Å². The van der Waals surface area contributed by atoms with E-state index >= 15 is 0 Å². The monoisotopic (exact) mass is 569 g/mol. The van der Waals surface area contributed by atoms with Crippen LogP contribution in [-0.2, 0) is 19.9 Å². The number of carbonyl (C=O) groups is 2. The standard InChI is InChI=1S/C28H31N3O6S2/c1-5-30(6-2)24-15-14-20(39(36,37)31(7-3)8-4)18-23(24)29-28(33)19-13-16-26-22(17-19)27(32)21-11-9-10-12-25(21)38(26,34)35/h9-18H,5-8H2,1-4H3,(H,29,33). The van der Waals surface area contributed by atoms with Crippen molar-refractivity contribution in [2.45, 2.75) is 42.4 Å². The Balaban J connectivity index is 1.77. The van der Waals surface area contributed by atoms with Crippen LogP contribution in [0.4, 0.5) is 11.4 Å². The van der Waals surface area contributed by atoms with Crippen molar-refractivity contribution in [2.24, 2.45) is 0 Å². The molecule has 1 N–H and O–H groups in total. The van der Waals surface area contributed by atoms with Gasteiger partial charge in [-0.15, -0.1) is 0 Å². The van der Waals surface area contributed by atoms with E-state index < -0.39 is 31.6 Å². The normalized spacial score (nSPS) is 14.0. The molecule has 0 saturated carbocycles. The van der Waals surface area contributed by atoms with E-state index in [-0.39, 0.29) is 31.4 Å². The van der Waals surface area contributed by atoms with Crippen molar-refractivity contribution < 1.29 is 26.4 Å². The SMILES string of the molecule is CCN(CC)c1ccc(S(=O)(=O)N(CC)CC)cc1NC(=O)c1ccc2c(c1)C(=O)c1ccccc1S2(=O)=O. The number of nitrogens with one attached hydrogen (secondary N) is 1. The fourth-order valence-corrected chi connectivity index (χ4v) is 7.88. The first kappa shape index (κ1) is 28.5. The molecule has 206 valence electrons. The zero-order chi connectivity index (χ0) is 28.5. The first-order chi connectivity index (χ1) is 18.5. The molecule has 0 unspecified atom stereocenters. The lowest BCUT2D eigenvalue weighted by atomic mass is 10.00. The molecular weight excluding hydrogens is 538 g/mol. The van der Waals surface area contributed by atoms with Crippen LogP contribution in [-0.4, -0.2) is 59.0 Å². The van der Waals surface area contributed by atoms with Gasteiger partial charge in [-0.1, -0.05) is 26.0 Å². The highest BCUT2D eigenvalue weighted by Gasteiger charge is 2.35. The van der Waals surface area contributed by atoms with Gasteiger partial charge in [0, 0.05) is 42.9 Å². The fourth-order valence-electron chi connectivity index (χ4n) is 4.76. The Morgan fingerprint density at radius 2 is 1.46 bits per heavy atom. The van der Waals surface area contributed by atoms with Gasteiger partial charge in [0.15, 0.2) is 5.78 Å². The van der Waals surface area contributed by atoms with Gasteiger partial charge in [-0.05, 0) is 62.4 Å². The smallest absolute Gasteiger partial charge is 0.255 e. The van der Waals surface area contributed by atoms with Crippen molar-refractivity contribution >= 4 is 42.9 Å². The third-order valence-corrected chi connectivity index (χ3v) is 10.8. The molecule has 11 heteroatoms. The second-order valence-electron chi connectivity index (χ2n) is 8.93. The van der Waals surface area contributed by atoms with Crippen molar-refractivity contribution in [3.05, 3.63) is 77.4 Å². The highest BCUT2D eigenvalue weighted by atomic mass is 32.2. The number of hydrogen-bond acceptors (Lipinski definition) is 7. The number of fused-ring (bicyclic) bond motifs is 2. The maximum absolute atomic E-state index is 13.4. The molecule has 4 rings (SSSR count). The topological polar surface area (TPSA) is 121 Å². The number of ketones is 1. The highest BCUT2D eigenvalue weighted by Crippen LogP contribution is 2.35. The van der Waals surface area contributed by atoms with Gasteiger partial charge in [0.2, 0.25) is 19.9 Å². The van der Waals surface area contributed by atoms with Gasteiger partial charge >= 0.3 is 0 Å². The Morgan fingerprint density at radius 1 is 0.821 bits per heavy atom. The minimum absolute atomic E-state index is 0.0423. The molecule has 0 radical (unpaired) electrons. The molecule has 0 saturated heterocycles. The molecular formula is C28H31N3O6S2. The minimum Gasteiger partial charge on any atom is -0.370 e. The number of amides is 1. The van der Waals surface area contributed by atoms with E-state index in [2.05, 4.69) is 5.32 Å². The summed E-state index contributed by atoms with van der Waals surface area (Å²) in [6, 6.07) is 14.5. The van der Waals surface area contributed by atoms with Crippen LogP contribution in [0.3, 0.4) is 0 Å². The Bertz CT molecular complexity index is 1660. The molecule has 1 aliphatic rings. The minimum atomic E-state index is -3.93. The van der Waals surface area contributed by atoms with Gasteiger partial charge < -0.3 is 10.2 Å². The molecule has 9 nitrogen and oxygen atoms in total. The first-order valence-electron chi connectivity index (χ1n) is 12.7. The number of rotatable bonds is 9. The van der Waals surface area contributed by atoms with E-state index in [1.807, 2.05) is 18.7 Å². The maximum atomic E-state index is 13.4. The molecule has 1 amide bonds. The lowest BCUT2D eigenvalue weighted by Crippen LogP contribution is -2.31. The van der Waals surface area contributed by atoms with E-state index in [1.165, 1.54) is 46.8 Å². The van der Waals surface area contributed by atoms with Crippen molar-refractivity contribution in [1.29, 1.82) is 0 Å². The number of carbonyl (C=O) groups excluding carboxylic acids is 2. The molecule has 0 fully saturated rings. The molecule has 0 aromatic heterocycles.